The molecule has 112 valence electrons. The summed E-state index contributed by atoms with van der Waals surface area (Å²) < 4.78 is 0. The first-order valence-electron chi connectivity index (χ1n) is 4.63. The van der Waals surface area contributed by atoms with Crippen LogP contribution in [0.15, 0.2) is 12.3 Å². The van der Waals surface area contributed by atoms with Gasteiger partial charge in [-0.3, -0.25) is 4.79 Å². The summed E-state index contributed by atoms with van der Waals surface area (Å²) in [5.41, 5.74) is 0. The summed E-state index contributed by atoms with van der Waals surface area (Å²) in [6, 6.07) is 0. The minimum absolute atomic E-state index is 0.0201. The molecular weight excluding hydrogens is 306 g/mol. The zero-order chi connectivity index (χ0) is 15.6. The van der Waals surface area contributed by atoms with E-state index in [4.69, 9.17) is 55.2 Å². The molecular formula is C10H21Cl3O5. The lowest BCUT2D eigenvalue weighted by Crippen LogP contribution is -2.12. The number of rotatable bonds is 4. The molecule has 0 aromatic rings. The third-order valence-electron chi connectivity index (χ3n) is 0.731. The minimum atomic E-state index is -0.744. The Morgan fingerprint density at radius 2 is 1.50 bits per heavy atom. The largest absolute Gasteiger partial charge is 0.512 e. The lowest BCUT2D eigenvalue weighted by atomic mass is 10.5. The summed E-state index contributed by atoms with van der Waals surface area (Å²) in [4.78, 5) is 9.68. The van der Waals surface area contributed by atoms with Gasteiger partial charge in [0.25, 0.3) is 0 Å². The Morgan fingerprint density at radius 1 is 1.22 bits per heavy atom. The first-order chi connectivity index (χ1) is 8.35. The first-order valence-corrected chi connectivity index (χ1v) is 6.23. The van der Waals surface area contributed by atoms with Gasteiger partial charge in [-0.1, -0.05) is 6.58 Å². The molecule has 0 saturated heterocycles. The molecule has 0 aliphatic rings. The lowest BCUT2D eigenvalue weighted by Gasteiger charge is -1.95. The molecule has 0 aliphatic heterocycles. The molecule has 0 aliphatic carbocycles. The number of ketones is 1. The van der Waals surface area contributed by atoms with E-state index < -0.39 is 6.10 Å². The Morgan fingerprint density at radius 3 is 1.50 bits per heavy atom. The van der Waals surface area contributed by atoms with Crippen LogP contribution in [-0.2, 0) is 4.79 Å². The van der Waals surface area contributed by atoms with Crippen LogP contribution in [0.1, 0.15) is 6.92 Å². The van der Waals surface area contributed by atoms with E-state index in [9.17, 15) is 4.79 Å². The van der Waals surface area contributed by atoms with Crippen LogP contribution in [0.5, 0.6) is 0 Å². The number of hydrogen-bond acceptors (Lipinski definition) is 5. The average molecular weight is 328 g/mol. The van der Waals surface area contributed by atoms with Crippen LogP contribution < -0.4 is 0 Å². The second-order valence-electron chi connectivity index (χ2n) is 2.53. The number of alkyl halides is 3. The lowest BCUT2D eigenvalue weighted by molar-refractivity contribution is -0.114. The molecule has 0 radical (unpaired) electrons. The smallest absolute Gasteiger partial charge is 0.144 e. The second kappa shape index (κ2) is 25.7. The maximum atomic E-state index is 9.68. The molecule has 0 fully saturated rings. The fourth-order valence-corrected chi connectivity index (χ4v) is 0.146. The van der Waals surface area contributed by atoms with Crippen molar-refractivity contribution in [1.29, 1.82) is 0 Å². The zero-order valence-electron chi connectivity index (χ0n) is 10.4. The summed E-state index contributed by atoms with van der Waals surface area (Å²) >= 11 is 15.0. The summed E-state index contributed by atoms with van der Waals surface area (Å²) in [7, 11) is 1.00. The third-order valence-corrected chi connectivity index (χ3v) is 1.77. The van der Waals surface area contributed by atoms with E-state index in [1.165, 1.54) is 6.92 Å². The van der Waals surface area contributed by atoms with Gasteiger partial charge >= 0.3 is 0 Å². The molecule has 0 amide bonds. The van der Waals surface area contributed by atoms with Crippen molar-refractivity contribution >= 4 is 40.6 Å². The average Bonchev–Trinajstić information content (AvgIpc) is 2.41. The van der Waals surface area contributed by atoms with Crippen molar-refractivity contribution in [3.05, 3.63) is 12.3 Å². The van der Waals surface area contributed by atoms with Crippen molar-refractivity contribution in [1.82, 2.24) is 0 Å². The molecule has 0 saturated carbocycles. The molecule has 1 atom stereocenters. The Kier molecular flexibility index (Phi) is 37.9. The summed E-state index contributed by atoms with van der Waals surface area (Å²) in [6.07, 6.45) is -0.744. The number of hydrogen-bond donors (Lipinski definition) is 4. The molecule has 1 unspecified atom stereocenters. The SMILES string of the molecule is C=C(O)CCl.CC(=O)CCl.CO.OCC(O)CCl. The molecule has 0 aromatic carbocycles. The monoisotopic (exact) mass is 326 g/mol. The van der Waals surface area contributed by atoms with Crippen molar-refractivity contribution in [3.63, 3.8) is 0 Å². The Balaban J connectivity index is -0.0000000766. The normalized spacial score (nSPS) is 9.33. The van der Waals surface area contributed by atoms with Gasteiger partial charge in [0, 0.05) is 7.11 Å². The second-order valence-corrected chi connectivity index (χ2v) is 3.37. The fourth-order valence-electron chi connectivity index (χ4n) is 0.0488. The quantitative estimate of drug-likeness (QED) is 0.461. The number of aliphatic hydroxyl groups excluding tert-OH is 4. The molecule has 0 heterocycles. The van der Waals surface area contributed by atoms with Crippen LogP contribution in [0.25, 0.3) is 0 Å². The van der Waals surface area contributed by atoms with E-state index in [-0.39, 0.29) is 35.8 Å². The maximum absolute atomic E-state index is 9.68. The van der Waals surface area contributed by atoms with Gasteiger partial charge in [0.15, 0.2) is 0 Å². The van der Waals surface area contributed by atoms with Gasteiger partial charge in [0.05, 0.1) is 36.1 Å². The van der Waals surface area contributed by atoms with E-state index >= 15 is 0 Å². The molecule has 0 bridgehead atoms. The number of allylic oxidation sites excluding steroid dienone is 1. The zero-order valence-corrected chi connectivity index (χ0v) is 12.7. The molecule has 8 heteroatoms. The topological polar surface area (TPSA) is 98.0 Å². The van der Waals surface area contributed by atoms with Crippen molar-refractivity contribution in [2.75, 3.05) is 31.4 Å². The number of aliphatic hydroxyl groups is 4. The number of halogens is 3. The Labute approximate surface area is 123 Å². The Hall–Kier alpha value is -0.0400. The summed E-state index contributed by atoms with van der Waals surface area (Å²) in [5, 5.41) is 31.3. The van der Waals surface area contributed by atoms with Gasteiger partial charge in [-0.05, 0) is 6.92 Å². The van der Waals surface area contributed by atoms with Gasteiger partial charge in [-0.2, -0.15) is 0 Å². The summed E-state index contributed by atoms with van der Waals surface area (Å²) in [5.74, 6) is 0.426. The van der Waals surface area contributed by atoms with Gasteiger partial charge in [0.1, 0.15) is 5.78 Å². The molecule has 0 spiro atoms. The van der Waals surface area contributed by atoms with Crippen LogP contribution in [0.2, 0.25) is 0 Å². The van der Waals surface area contributed by atoms with E-state index in [2.05, 4.69) is 6.58 Å². The van der Waals surface area contributed by atoms with Crippen LogP contribution in [0.3, 0.4) is 0 Å². The number of carbonyl (C=O) groups is 1. The van der Waals surface area contributed by atoms with Gasteiger partial charge in [0.2, 0.25) is 0 Å². The van der Waals surface area contributed by atoms with E-state index in [1.807, 2.05) is 0 Å². The number of carbonyl (C=O) groups excluding carboxylic acids is 1. The van der Waals surface area contributed by atoms with Crippen molar-refractivity contribution in [2.45, 2.75) is 13.0 Å². The van der Waals surface area contributed by atoms with Gasteiger partial charge in [-0.25, -0.2) is 0 Å². The highest BCUT2D eigenvalue weighted by molar-refractivity contribution is 6.27. The van der Waals surface area contributed by atoms with E-state index in [0.717, 1.165) is 7.11 Å². The molecule has 18 heavy (non-hydrogen) atoms. The minimum Gasteiger partial charge on any atom is -0.512 e. The predicted octanol–water partition coefficient (Wildman–Crippen LogP) is 1.30. The molecule has 0 aromatic heterocycles. The highest BCUT2D eigenvalue weighted by Gasteiger charge is 1.94. The van der Waals surface area contributed by atoms with Crippen LogP contribution in [0, 0.1) is 0 Å². The maximum Gasteiger partial charge on any atom is 0.144 e. The fraction of sp³-hybridized carbons (Fsp3) is 0.700. The number of Topliss-reactive ketones (excluding diaryl/α,β-unsaturated/α-hetero) is 1. The van der Waals surface area contributed by atoms with Crippen LogP contribution >= 0.6 is 34.8 Å². The van der Waals surface area contributed by atoms with Crippen molar-refractivity contribution in [2.24, 2.45) is 0 Å². The van der Waals surface area contributed by atoms with E-state index in [0.29, 0.717) is 0 Å². The molecule has 5 nitrogen and oxygen atoms in total. The third kappa shape index (κ3) is 56.4. The standard InChI is InChI=1S/C3H7ClO2.2C3H5ClO.CH4O/c4-1-3(6)2-5;2*1-3(5)2-4;1-2/h3,5-6H,1-2H2;2H2,1H3;5H,1-2H2;2H,1H3. The van der Waals surface area contributed by atoms with Crippen LogP contribution in [-0.4, -0.2) is 63.7 Å². The Bertz CT molecular complexity index is 161. The first kappa shape index (κ1) is 26.5. The van der Waals surface area contributed by atoms with E-state index in [1.54, 1.807) is 0 Å². The predicted molar refractivity (Wildman–Crippen MR) is 75.8 cm³/mol. The van der Waals surface area contributed by atoms with Gasteiger partial charge < -0.3 is 20.4 Å². The van der Waals surface area contributed by atoms with Crippen molar-refractivity contribution in [3.8, 4) is 0 Å². The molecule has 0 rings (SSSR count). The van der Waals surface area contributed by atoms with Gasteiger partial charge in [-0.15, -0.1) is 34.8 Å². The highest BCUT2D eigenvalue weighted by Crippen LogP contribution is 1.82. The summed E-state index contributed by atoms with van der Waals surface area (Å²) in [6.45, 7) is 4.30. The molecule has 4 N–H and O–H groups in total. The van der Waals surface area contributed by atoms with Crippen LogP contribution in [0.4, 0.5) is 0 Å². The van der Waals surface area contributed by atoms with Crippen molar-refractivity contribution < 1.29 is 25.2 Å². The highest BCUT2D eigenvalue weighted by atomic mass is 35.5.